The van der Waals surface area contributed by atoms with E-state index in [1.807, 2.05) is 16.8 Å². The van der Waals surface area contributed by atoms with Gasteiger partial charge in [-0.2, -0.15) is 29.1 Å². The molecule has 0 N–H and O–H groups in total. The van der Waals surface area contributed by atoms with E-state index in [1.165, 1.54) is 103 Å². The Morgan fingerprint density at radius 2 is 1.29 bits per heavy atom. The smallest absolute Gasteiger partial charge is 1.00 e. The number of halogens is 3. The SMILES string of the molecule is Brc1ccsc1.C.CCCCCCc1ccsc1.CCCCCCc1ccsc1Br.[B]=NS.[Br-].[CH2-]CCCCC.[Mg+2]. The summed E-state index contributed by atoms with van der Waals surface area (Å²) in [5.74, 6) is 0. The molecule has 0 bridgehead atoms. The first kappa shape index (κ1) is 52.1. The van der Waals surface area contributed by atoms with Crippen LogP contribution < -0.4 is 17.0 Å². The normalized spacial score (nSPS) is 8.73. The topological polar surface area (TPSA) is 12.4 Å². The monoisotopic (exact) mass is 838 g/mol. The molecular weight excluding hydrogens is 789 g/mol. The van der Waals surface area contributed by atoms with Crippen molar-refractivity contribution in [2.24, 2.45) is 4.30 Å². The summed E-state index contributed by atoms with van der Waals surface area (Å²) in [6.07, 6.45) is 18.5. The Labute approximate surface area is 316 Å². The van der Waals surface area contributed by atoms with Gasteiger partial charge >= 0.3 is 47.8 Å². The van der Waals surface area contributed by atoms with Crippen molar-refractivity contribution in [3.8, 4) is 0 Å². The molecule has 0 aliphatic heterocycles. The van der Waals surface area contributed by atoms with Gasteiger partial charge in [0.25, 0.3) is 0 Å². The Bertz CT molecular complexity index is 815. The molecule has 3 heterocycles. The number of aryl methyl sites for hydroxylation is 2. The fourth-order valence-electron chi connectivity index (χ4n) is 3.11. The van der Waals surface area contributed by atoms with Crippen LogP contribution in [0.5, 0.6) is 0 Å². The molecule has 0 aliphatic rings. The van der Waals surface area contributed by atoms with E-state index in [4.69, 9.17) is 0 Å². The quantitative estimate of drug-likeness (QED) is 0.0762. The van der Waals surface area contributed by atoms with Crippen LogP contribution in [0.25, 0.3) is 0 Å². The zero-order valence-electron chi connectivity index (χ0n) is 24.8. The van der Waals surface area contributed by atoms with E-state index >= 15 is 0 Å². The molecule has 3 aromatic heterocycles. The number of thiol groups is 1. The first-order valence-corrected chi connectivity index (χ1v) is 18.5. The van der Waals surface area contributed by atoms with E-state index in [2.05, 4.69) is 113 Å². The van der Waals surface area contributed by atoms with Crippen LogP contribution in [0.1, 0.15) is 116 Å². The van der Waals surface area contributed by atoms with Crippen molar-refractivity contribution in [3.63, 3.8) is 0 Å². The van der Waals surface area contributed by atoms with Gasteiger partial charge in [0.15, 0.2) is 0 Å². The Hall–Kier alpha value is 1.52. The zero-order chi connectivity index (χ0) is 28.7. The second kappa shape index (κ2) is 43.6. The van der Waals surface area contributed by atoms with Crippen molar-refractivity contribution in [1.82, 2.24) is 0 Å². The second-order valence-corrected chi connectivity index (χ2v) is 13.5. The van der Waals surface area contributed by atoms with Gasteiger partial charge in [0.1, 0.15) is 0 Å². The Morgan fingerprint density at radius 3 is 1.63 bits per heavy atom. The van der Waals surface area contributed by atoms with Crippen molar-refractivity contribution in [2.45, 2.75) is 118 Å². The molecular formula is C31H52BBr3MgNS4. The summed E-state index contributed by atoms with van der Waals surface area (Å²) in [4.78, 5) is 0. The fourth-order valence-corrected chi connectivity index (χ4v) is 6.28. The van der Waals surface area contributed by atoms with Crippen molar-refractivity contribution in [1.29, 1.82) is 0 Å². The largest absolute Gasteiger partial charge is 2.00 e. The molecule has 0 atom stereocenters. The van der Waals surface area contributed by atoms with E-state index in [0.717, 1.165) is 6.42 Å². The molecule has 0 aromatic carbocycles. The third-order valence-electron chi connectivity index (χ3n) is 5.23. The average Bonchev–Trinajstić information content (AvgIpc) is 3.70. The van der Waals surface area contributed by atoms with Crippen LogP contribution in [0.4, 0.5) is 0 Å². The number of unbranched alkanes of at least 4 members (excludes halogenated alkanes) is 9. The first-order valence-electron chi connectivity index (χ1n) is 13.7. The molecule has 3 rings (SSSR count). The molecule has 0 unspecified atom stereocenters. The molecule has 41 heavy (non-hydrogen) atoms. The van der Waals surface area contributed by atoms with E-state index in [0.29, 0.717) is 0 Å². The summed E-state index contributed by atoms with van der Waals surface area (Å²) in [5, 5.41) is 10.6. The van der Waals surface area contributed by atoms with Gasteiger partial charge in [-0.1, -0.05) is 86.0 Å². The third-order valence-corrected chi connectivity index (χ3v) is 9.25. The second-order valence-electron chi connectivity index (χ2n) is 8.59. The zero-order valence-corrected chi connectivity index (χ0v) is 34.3. The molecule has 0 aliphatic carbocycles. The fraction of sp³-hybridized carbons (Fsp3) is 0.581. The summed E-state index contributed by atoms with van der Waals surface area (Å²) < 4.78 is 5.19. The predicted octanol–water partition coefficient (Wildman–Crippen LogP) is 10.9. The van der Waals surface area contributed by atoms with E-state index in [1.54, 1.807) is 34.0 Å². The van der Waals surface area contributed by atoms with Crippen molar-refractivity contribution in [3.05, 3.63) is 71.4 Å². The molecule has 0 amide bonds. The molecule has 1 nitrogen and oxygen atoms in total. The van der Waals surface area contributed by atoms with Crippen LogP contribution in [-0.2, 0) is 12.8 Å². The third kappa shape index (κ3) is 39.5. The van der Waals surface area contributed by atoms with Crippen molar-refractivity contribution >= 4 is 109 Å². The van der Waals surface area contributed by atoms with Crippen molar-refractivity contribution < 1.29 is 17.0 Å². The number of rotatable bonds is 13. The molecule has 0 spiro atoms. The van der Waals surface area contributed by atoms with Gasteiger partial charge in [-0.3, -0.25) is 0 Å². The number of hydrogen-bond acceptors (Lipinski definition) is 5. The molecule has 0 saturated heterocycles. The minimum Gasteiger partial charge on any atom is -1.00 e. The van der Waals surface area contributed by atoms with Crippen LogP contribution in [0.15, 0.2) is 57.7 Å². The van der Waals surface area contributed by atoms with Crippen molar-refractivity contribution in [2.75, 3.05) is 0 Å². The molecule has 3 aromatic rings. The Kier molecular flexibility index (Phi) is 55.4. The van der Waals surface area contributed by atoms with Crippen LogP contribution in [0.3, 0.4) is 0 Å². The van der Waals surface area contributed by atoms with E-state index in [-0.39, 0.29) is 47.5 Å². The van der Waals surface area contributed by atoms with Gasteiger partial charge in [-0.15, -0.1) is 11.3 Å². The van der Waals surface area contributed by atoms with E-state index in [9.17, 15) is 0 Å². The predicted molar refractivity (Wildman–Crippen MR) is 203 cm³/mol. The number of hydrogen-bond donors (Lipinski definition) is 1. The minimum atomic E-state index is 0. The van der Waals surface area contributed by atoms with Gasteiger partial charge in [-0.05, 0) is 108 Å². The van der Waals surface area contributed by atoms with Gasteiger partial charge < -0.3 is 23.9 Å². The first-order chi connectivity index (χ1) is 18.5. The maximum atomic E-state index is 4.34. The maximum Gasteiger partial charge on any atom is 2.00 e. The summed E-state index contributed by atoms with van der Waals surface area (Å²) in [5.41, 5.74) is 3.00. The summed E-state index contributed by atoms with van der Waals surface area (Å²) in [6.45, 7) is 10.4. The molecule has 0 fully saturated rings. The molecule has 10 heteroatoms. The van der Waals surface area contributed by atoms with Crippen LogP contribution >= 0.6 is 78.7 Å². The summed E-state index contributed by atoms with van der Waals surface area (Å²) in [7, 11) is 4.34. The van der Waals surface area contributed by atoms with Gasteiger partial charge in [0.2, 0.25) is 0 Å². The Morgan fingerprint density at radius 1 is 0.780 bits per heavy atom. The van der Waals surface area contributed by atoms with E-state index < -0.39 is 0 Å². The van der Waals surface area contributed by atoms with Gasteiger partial charge in [0.05, 0.1) is 3.79 Å². The molecule has 231 valence electrons. The van der Waals surface area contributed by atoms with Crippen LogP contribution in [0, 0.1) is 6.92 Å². The van der Waals surface area contributed by atoms with Crippen LogP contribution in [-0.4, -0.2) is 30.7 Å². The number of nitrogens with zero attached hydrogens (tertiary/aromatic N) is 1. The summed E-state index contributed by atoms with van der Waals surface area (Å²) >= 11 is 15.3. The summed E-state index contributed by atoms with van der Waals surface area (Å²) in [6, 6.07) is 6.47. The average molecular weight is 842 g/mol. The van der Waals surface area contributed by atoms with Gasteiger partial charge in [0, 0.05) is 9.85 Å². The maximum absolute atomic E-state index is 4.34. The molecule has 1 radical (unpaired) electrons. The Balaban J connectivity index is -0.000000138. The number of thiophene rings is 3. The molecule has 0 saturated carbocycles. The standard InChI is InChI=1S/C10H15BrS.C10H16S.C6H13.C4H3BrS.CH4.BHNS.BrH.Mg/c1-2-3-4-5-6-9-7-8-12-10(9)11;1-2-3-4-5-6-10-7-8-11-9-10;1-3-5-6-4-2;5-4-1-2-6-3-4;;1-2-3;;/h7-8H,2-6H2,1H3;7-9H,2-6H2,1H3;1,3-6H2,2H3;1-3H;1H4;3H;1H;/q;;-1;;;;;+2/p-1. The minimum absolute atomic E-state index is 0. The van der Waals surface area contributed by atoms with Gasteiger partial charge in [-0.25, -0.2) is 0 Å². The van der Waals surface area contributed by atoms with Crippen LogP contribution in [0.2, 0.25) is 0 Å².